The van der Waals surface area contributed by atoms with E-state index < -0.39 is 5.41 Å². The number of carbonyl (C=O) groups is 1. The number of halogens is 1. The quantitative estimate of drug-likeness (QED) is 0.851. The molecule has 0 radical (unpaired) electrons. The molecule has 1 fully saturated rings. The number of hydrogen-bond acceptors (Lipinski definition) is 3. The van der Waals surface area contributed by atoms with Crippen molar-refractivity contribution in [3.05, 3.63) is 46.7 Å². The SMILES string of the molecule is NC1=CCN(C(=O)C2(c3cccc(Cl)c3)CC2)N1. The second-order valence-electron chi connectivity index (χ2n) is 4.78. The van der Waals surface area contributed by atoms with Crippen LogP contribution in [0.2, 0.25) is 5.02 Å². The van der Waals surface area contributed by atoms with Gasteiger partial charge in [0, 0.05) is 5.02 Å². The van der Waals surface area contributed by atoms with E-state index in [9.17, 15) is 4.79 Å². The molecule has 0 spiro atoms. The fourth-order valence-electron chi connectivity index (χ4n) is 2.37. The Balaban J connectivity index is 1.85. The molecular weight excluding hydrogens is 250 g/mol. The summed E-state index contributed by atoms with van der Waals surface area (Å²) in [5.74, 6) is 0.603. The molecule has 94 valence electrons. The second kappa shape index (κ2) is 3.92. The fourth-order valence-corrected chi connectivity index (χ4v) is 2.56. The van der Waals surface area contributed by atoms with Gasteiger partial charge in [-0.3, -0.25) is 15.2 Å². The number of hydrogen-bond donors (Lipinski definition) is 2. The highest BCUT2D eigenvalue weighted by Gasteiger charge is 2.53. The van der Waals surface area contributed by atoms with Crippen LogP contribution in [0.5, 0.6) is 0 Å². The van der Waals surface area contributed by atoms with Crippen molar-refractivity contribution in [1.82, 2.24) is 10.4 Å². The number of benzene rings is 1. The van der Waals surface area contributed by atoms with Gasteiger partial charge in [0.15, 0.2) is 0 Å². The van der Waals surface area contributed by atoms with E-state index in [1.165, 1.54) is 0 Å². The number of hydrazine groups is 1. The molecule has 18 heavy (non-hydrogen) atoms. The van der Waals surface area contributed by atoms with Crippen molar-refractivity contribution < 1.29 is 4.79 Å². The van der Waals surface area contributed by atoms with Gasteiger partial charge in [-0.2, -0.15) is 0 Å². The Morgan fingerprint density at radius 2 is 2.22 bits per heavy atom. The summed E-state index contributed by atoms with van der Waals surface area (Å²) in [7, 11) is 0. The molecule has 1 amide bonds. The molecule has 2 aliphatic rings. The third-order valence-corrected chi connectivity index (χ3v) is 3.77. The van der Waals surface area contributed by atoms with Crippen LogP contribution in [0, 0.1) is 0 Å². The highest BCUT2D eigenvalue weighted by atomic mass is 35.5. The Bertz CT molecular complexity index is 537. The zero-order valence-corrected chi connectivity index (χ0v) is 10.6. The van der Waals surface area contributed by atoms with Gasteiger partial charge in [-0.15, -0.1) is 0 Å². The molecule has 1 saturated carbocycles. The highest BCUT2D eigenvalue weighted by molar-refractivity contribution is 6.30. The molecule has 0 aromatic heterocycles. The van der Waals surface area contributed by atoms with E-state index in [2.05, 4.69) is 5.43 Å². The average molecular weight is 264 g/mol. The molecule has 1 aromatic carbocycles. The maximum absolute atomic E-state index is 12.5. The summed E-state index contributed by atoms with van der Waals surface area (Å²) in [5, 5.41) is 2.24. The van der Waals surface area contributed by atoms with Gasteiger partial charge >= 0.3 is 0 Å². The predicted molar refractivity (Wildman–Crippen MR) is 69.5 cm³/mol. The number of nitrogens with one attached hydrogen (secondary N) is 1. The molecule has 0 saturated heterocycles. The van der Waals surface area contributed by atoms with E-state index in [4.69, 9.17) is 17.3 Å². The first-order valence-electron chi connectivity index (χ1n) is 5.92. The van der Waals surface area contributed by atoms with Gasteiger partial charge in [-0.1, -0.05) is 23.7 Å². The standard InChI is InChI=1S/C13H14ClN3O/c14-10-3-1-2-9(8-10)13(5-6-13)12(18)17-7-4-11(15)16-17/h1-4,8,16H,5-7,15H2. The van der Waals surface area contributed by atoms with Gasteiger partial charge in [-0.05, 0) is 36.6 Å². The highest BCUT2D eigenvalue weighted by Crippen LogP contribution is 2.50. The van der Waals surface area contributed by atoms with Crippen molar-refractivity contribution in [3.8, 4) is 0 Å². The van der Waals surface area contributed by atoms with E-state index in [0.29, 0.717) is 17.4 Å². The lowest BCUT2D eigenvalue weighted by molar-refractivity contribution is -0.135. The van der Waals surface area contributed by atoms with Gasteiger partial charge in [-0.25, -0.2) is 0 Å². The normalized spacial score (nSPS) is 20.3. The van der Waals surface area contributed by atoms with Crippen LogP contribution < -0.4 is 11.2 Å². The lowest BCUT2D eigenvalue weighted by Crippen LogP contribution is -2.45. The van der Waals surface area contributed by atoms with Crippen molar-refractivity contribution in [2.75, 3.05) is 6.54 Å². The third kappa shape index (κ3) is 1.73. The molecule has 1 aliphatic carbocycles. The van der Waals surface area contributed by atoms with Gasteiger partial charge in [0.05, 0.1) is 12.0 Å². The molecule has 1 heterocycles. The molecular formula is C13H14ClN3O. The zero-order valence-electron chi connectivity index (χ0n) is 9.82. The van der Waals surface area contributed by atoms with Crippen molar-refractivity contribution in [3.63, 3.8) is 0 Å². The largest absolute Gasteiger partial charge is 0.384 e. The topological polar surface area (TPSA) is 58.4 Å². The molecule has 1 aliphatic heterocycles. The molecule has 0 bridgehead atoms. The Labute approximate surface area is 110 Å². The smallest absolute Gasteiger partial charge is 0.251 e. The van der Waals surface area contributed by atoms with Gasteiger partial charge in [0.1, 0.15) is 5.82 Å². The van der Waals surface area contributed by atoms with Crippen LogP contribution in [0.4, 0.5) is 0 Å². The van der Waals surface area contributed by atoms with E-state index in [-0.39, 0.29) is 5.91 Å². The van der Waals surface area contributed by atoms with Crippen LogP contribution in [0.25, 0.3) is 0 Å². The summed E-state index contributed by atoms with van der Waals surface area (Å²) in [6, 6.07) is 7.54. The van der Waals surface area contributed by atoms with Crippen molar-refractivity contribution in [1.29, 1.82) is 0 Å². The molecule has 3 N–H and O–H groups in total. The second-order valence-corrected chi connectivity index (χ2v) is 5.22. The Kier molecular flexibility index (Phi) is 2.48. The van der Waals surface area contributed by atoms with Crippen LogP contribution in [0.1, 0.15) is 18.4 Å². The molecule has 1 aromatic rings. The number of carbonyl (C=O) groups excluding carboxylic acids is 1. The van der Waals surface area contributed by atoms with Crippen LogP contribution >= 0.6 is 11.6 Å². The molecule has 0 unspecified atom stereocenters. The van der Waals surface area contributed by atoms with Gasteiger partial charge < -0.3 is 5.73 Å². The average Bonchev–Trinajstić information content (AvgIpc) is 3.06. The molecule has 4 nitrogen and oxygen atoms in total. The maximum atomic E-state index is 12.5. The minimum absolute atomic E-state index is 0.0708. The van der Waals surface area contributed by atoms with E-state index >= 15 is 0 Å². The number of nitrogens with zero attached hydrogens (tertiary/aromatic N) is 1. The first-order valence-corrected chi connectivity index (χ1v) is 6.30. The van der Waals surface area contributed by atoms with Crippen molar-refractivity contribution in [2.45, 2.75) is 18.3 Å². The minimum Gasteiger partial charge on any atom is -0.384 e. The van der Waals surface area contributed by atoms with Crippen LogP contribution in [-0.4, -0.2) is 17.5 Å². The lowest BCUT2D eigenvalue weighted by Gasteiger charge is -2.24. The summed E-state index contributed by atoms with van der Waals surface area (Å²) < 4.78 is 0. The summed E-state index contributed by atoms with van der Waals surface area (Å²) >= 11 is 6.00. The van der Waals surface area contributed by atoms with Gasteiger partial charge in [0.25, 0.3) is 5.91 Å². The zero-order chi connectivity index (χ0) is 12.8. The van der Waals surface area contributed by atoms with E-state index in [1.54, 1.807) is 11.1 Å². The maximum Gasteiger partial charge on any atom is 0.251 e. The Morgan fingerprint density at radius 3 is 2.78 bits per heavy atom. The summed E-state index contributed by atoms with van der Waals surface area (Å²) in [6.07, 6.45) is 3.53. The molecule has 0 atom stereocenters. The van der Waals surface area contributed by atoms with Crippen LogP contribution in [0.3, 0.4) is 0 Å². The minimum atomic E-state index is -0.406. The predicted octanol–water partition coefficient (Wildman–Crippen LogP) is 1.52. The summed E-state index contributed by atoms with van der Waals surface area (Å²) in [6.45, 7) is 0.521. The van der Waals surface area contributed by atoms with E-state index in [1.807, 2.05) is 24.3 Å². The third-order valence-electron chi connectivity index (χ3n) is 3.54. The number of nitrogens with two attached hydrogens (primary N) is 1. The first kappa shape index (κ1) is 11.4. The summed E-state index contributed by atoms with van der Waals surface area (Å²) in [4.78, 5) is 12.5. The number of rotatable bonds is 2. The van der Waals surface area contributed by atoms with Crippen molar-refractivity contribution >= 4 is 17.5 Å². The monoisotopic (exact) mass is 263 g/mol. The van der Waals surface area contributed by atoms with Gasteiger partial charge in [0.2, 0.25) is 0 Å². The Morgan fingerprint density at radius 1 is 1.44 bits per heavy atom. The van der Waals surface area contributed by atoms with E-state index in [0.717, 1.165) is 18.4 Å². The molecule has 3 rings (SSSR count). The van der Waals surface area contributed by atoms with Crippen LogP contribution in [-0.2, 0) is 10.2 Å². The summed E-state index contributed by atoms with van der Waals surface area (Å²) in [5.41, 5.74) is 9.08. The Hall–Kier alpha value is -1.68. The first-order chi connectivity index (χ1) is 8.62. The van der Waals surface area contributed by atoms with Crippen LogP contribution in [0.15, 0.2) is 36.2 Å². The fraction of sp³-hybridized carbons (Fsp3) is 0.308. The lowest BCUT2D eigenvalue weighted by atomic mass is 9.95. The number of amides is 1. The van der Waals surface area contributed by atoms with Crippen molar-refractivity contribution in [2.24, 2.45) is 5.73 Å². The molecule has 5 heteroatoms.